The summed E-state index contributed by atoms with van der Waals surface area (Å²) in [5, 5.41) is 8.57. The highest BCUT2D eigenvalue weighted by Crippen LogP contribution is 2.40. The number of carboxylic acids is 1. The van der Waals surface area contributed by atoms with Crippen LogP contribution in [0.5, 0.6) is 5.75 Å². The molecule has 0 saturated carbocycles. The SMILES string of the molecule is O=C(O)C1CC(N(F)C(=O)c2c(F)c(F)c(F)c(F)c2S)c2ccccc2O1. The second kappa shape index (κ2) is 7.30. The van der Waals surface area contributed by atoms with Gasteiger partial charge in [-0.25, -0.2) is 22.4 Å². The van der Waals surface area contributed by atoms with E-state index in [4.69, 9.17) is 9.84 Å². The van der Waals surface area contributed by atoms with Gasteiger partial charge >= 0.3 is 5.97 Å². The van der Waals surface area contributed by atoms with E-state index >= 15 is 0 Å². The Balaban J connectivity index is 2.06. The molecule has 0 saturated heterocycles. The summed E-state index contributed by atoms with van der Waals surface area (Å²) >= 11 is 3.45. The first kappa shape index (κ1) is 19.9. The summed E-state index contributed by atoms with van der Waals surface area (Å²) in [5.41, 5.74) is -1.40. The third-order valence-electron chi connectivity index (χ3n) is 4.18. The second-order valence-corrected chi connectivity index (χ2v) is 6.28. The predicted octanol–water partition coefficient (Wildman–Crippen LogP) is 3.84. The lowest BCUT2D eigenvalue weighted by molar-refractivity contribution is -0.147. The highest BCUT2D eigenvalue weighted by atomic mass is 32.1. The molecule has 0 radical (unpaired) electrons. The normalized spacial score (nSPS) is 18.2. The Bertz CT molecular complexity index is 957. The van der Waals surface area contributed by atoms with Crippen LogP contribution in [0.4, 0.5) is 22.0 Å². The first-order valence-corrected chi connectivity index (χ1v) is 8.12. The van der Waals surface area contributed by atoms with Crippen LogP contribution >= 0.6 is 12.6 Å². The summed E-state index contributed by atoms with van der Waals surface area (Å²) in [4.78, 5) is 22.4. The molecule has 1 amide bonds. The summed E-state index contributed by atoms with van der Waals surface area (Å²) in [6.45, 7) is 0. The minimum absolute atomic E-state index is 0.0374. The van der Waals surface area contributed by atoms with Gasteiger partial charge in [0.15, 0.2) is 29.4 Å². The zero-order chi connectivity index (χ0) is 20.7. The van der Waals surface area contributed by atoms with E-state index in [9.17, 15) is 31.6 Å². The Labute approximate surface area is 159 Å². The van der Waals surface area contributed by atoms with Crippen molar-refractivity contribution in [2.24, 2.45) is 0 Å². The molecule has 0 spiro atoms. The van der Waals surface area contributed by atoms with Crippen molar-refractivity contribution in [3.63, 3.8) is 0 Å². The maximum Gasteiger partial charge on any atom is 0.344 e. The van der Waals surface area contributed by atoms with Crippen LogP contribution < -0.4 is 4.74 Å². The maximum absolute atomic E-state index is 14.9. The van der Waals surface area contributed by atoms with Crippen LogP contribution in [0.3, 0.4) is 0 Å². The van der Waals surface area contributed by atoms with Crippen molar-refractivity contribution in [2.45, 2.75) is 23.5 Å². The third-order valence-corrected chi connectivity index (χ3v) is 4.60. The fraction of sp³-hybridized carbons (Fsp3) is 0.176. The quantitative estimate of drug-likeness (QED) is 0.261. The van der Waals surface area contributed by atoms with Crippen LogP contribution in [0.2, 0.25) is 0 Å². The van der Waals surface area contributed by atoms with Gasteiger partial charge in [0.1, 0.15) is 5.75 Å². The Morgan fingerprint density at radius 1 is 1.07 bits per heavy atom. The molecule has 1 aliphatic rings. The molecule has 0 bridgehead atoms. The number of para-hydroxylation sites is 1. The topological polar surface area (TPSA) is 66.8 Å². The zero-order valence-electron chi connectivity index (χ0n) is 13.6. The summed E-state index contributed by atoms with van der Waals surface area (Å²) in [7, 11) is 0. The Hall–Kier alpha value is -2.82. The Kier molecular flexibility index (Phi) is 5.20. The van der Waals surface area contributed by atoms with Crippen molar-refractivity contribution in [1.82, 2.24) is 5.12 Å². The average molecular weight is 419 g/mol. The standard InChI is InChI=1S/C17H10F5NO4S/c18-11-10(15(28)14(21)13(20)12(11)19)16(24)23(22)7-5-9(17(25)26)27-8-4-2-1-3-6(7)8/h1-4,7,9,28H,5H2,(H,25,26). The van der Waals surface area contributed by atoms with Gasteiger partial charge in [0.05, 0.1) is 16.5 Å². The summed E-state index contributed by atoms with van der Waals surface area (Å²) < 4.78 is 74.5. The van der Waals surface area contributed by atoms with Gasteiger partial charge in [0.2, 0.25) is 0 Å². The molecule has 0 aromatic heterocycles. The number of fused-ring (bicyclic) bond motifs is 1. The molecule has 2 aromatic carbocycles. The van der Waals surface area contributed by atoms with Crippen molar-refractivity contribution in [1.29, 1.82) is 0 Å². The molecule has 2 atom stereocenters. The fourth-order valence-corrected chi connectivity index (χ4v) is 3.12. The van der Waals surface area contributed by atoms with Crippen molar-refractivity contribution in [3.8, 4) is 5.75 Å². The smallest absolute Gasteiger partial charge is 0.344 e. The van der Waals surface area contributed by atoms with Gasteiger partial charge in [-0.3, -0.25) is 4.79 Å². The molecular weight excluding hydrogens is 409 g/mol. The van der Waals surface area contributed by atoms with E-state index in [1.165, 1.54) is 24.3 Å². The molecule has 0 fully saturated rings. The molecule has 11 heteroatoms. The lowest BCUT2D eigenvalue weighted by Gasteiger charge is -2.33. The lowest BCUT2D eigenvalue weighted by atomic mass is 9.95. The van der Waals surface area contributed by atoms with Crippen LogP contribution in [0.25, 0.3) is 0 Å². The molecular formula is C17H10F5NO4S. The molecule has 2 aromatic rings. The van der Waals surface area contributed by atoms with E-state index in [-0.39, 0.29) is 11.3 Å². The van der Waals surface area contributed by atoms with E-state index in [0.717, 1.165) is 0 Å². The monoisotopic (exact) mass is 419 g/mol. The number of thiol groups is 1. The van der Waals surface area contributed by atoms with Gasteiger partial charge in [0, 0.05) is 12.0 Å². The van der Waals surface area contributed by atoms with Gasteiger partial charge in [-0.1, -0.05) is 22.7 Å². The molecule has 5 nitrogen and oxygen atoms in total. The highest BCUT2D eigenvalue weighted by molar-refractivity contribution is 7.80. The summed E-state index contributed by atoms with van der Waals surface area (Å²) in [5.74, 6) is -11.9. The number of nitrogens with zero attached hydrogens (tertiary/aromatic N) is 1. The number of carboxylic acid groups (broad SMARTS) is 1. The van der Waals surface area contributed by atoms with Crippen LogP contribution in [0.15, 0.2) is 29.2 Å². The number of halogens is 5. The van der Waals surface area contributed by atoms with E-state index in [1.54, 1.807) is 0 Å². The number of hydrogen-bond donors (Lipinski definition) is 2. The second-order valence-electron chi connectivity index (χ2n) is 5.83. The number of benzene rings is 2. The highest BCUT2D eigenvalue weighted by Gasteiger charge is 2.40. The molecule has 1 N–H and O–H groups in total. The molecule has 148 valence electrons. The average Bonchev–Trinajstić information content (AvgIpc) is 2.69. The lowest BCUT2D eigenvalue weighted by Crippen LogP contribution is -2.39. The molecule has 1 heterocycles. The number of amides is 1. The van der Waals surface area contributed by atoms with Crippen molar-refractivity contribution in [3.05, 3.63) is 58.7 Å². The van der Waals surface area contributed by atoms with Crippen LogP contribution in [0, 0.1) is 23.3 Å². The van der Waals surface area contributed by atoms with Crippen LogP contribution in [-0.4, -0.2) is 28.2 Å². The Morgan fingerprint density at radius 3 is 2.32 bits per heavy atom. The van der Waals surface area contributed by atoms with Crippen molar-refractivity contribution < 1.29 is 41.5 Å². The van der Waals surface area contributed by atoms with Gasteiger partial charge < -0.3 is 9.84 Å². The van der Waals surface area contributed by atoms with E-state index in [2.05, 4.69) is 12.6 Å². The molecule has 3 rings (SSSR count). The summed E-state index contributed by atoms with van der Waals surface area (Å²) in [6, 6.07) is 4.03. The number of rotatable bonds is 3. The van der Waals surface area contributed by atoms with E-state index < -0.39 is 69.3 Å². The molecule has 0 aliphatic carbocycles. The zero-order valence-corrected chi connectivity index (χ0v) is 14.5. The minimum Gasteiger partial charge on any atom is -0.479 e. The maximum atomic E-state index is 14.9. The fourth-order valence-electron chi connectivity index (χ4n) is 2.82. The van der Waals surface area contributed by atoms with Crippen LogP contribution in [0.1, 0.15) is 28.4 Å². The number of carbonyl (C=O) groups excluding carboxylic acids is 1. The van der Waals surface area contributed by atoms with Gasteiger partial charge in [-0.05, 0) is 6.07 Å². The third kappa shape index (κ3) is 3.15. The minimum atomic E-state index is -2.30. The largest absolute Gasteiger partial charge is 0.479 e. The first-order valence-electron chi connectivity index (χ1n) is 7.67. The first-order chi connectivity index (χ1) is 13.1. The predicted molar refractivity (Wildman–Crippen MR) is 86.7 cm³/mol. The van der Waals surface area contributed by atoms with Gasteiger partial charge in [-0.2, -0.15) is 5.12 Å². The van der Waals surface area contributed by atoms with Gasteiger partial charge in [0.25, 0.3) is 5.91 Å². The molecule has 1 aliphatic heterocycles. The van der Waals surface area contributed by atoms with Gasteiger partial charge in [-0.15, -0.1) is 12.6 Å². The number of aliphatic carboxylic acids is 1. The van der Waals surface area contributed by atoms with E-state index in [0.29, 0.717) is 0 Å². The van der Waals surface area contributed by atoms with E-state index in [1.807, 2.05) is 0 Å². The number of ether oxygens (including phenoxy) is 1. The Morgan fingerprint density at radius 2 is 1.68 bits per heavy atom. The molecule has 28 heavy (non-hydrogen) atoms. The number of carbonyl (C=O) groups is 2. The van der Waals surface area contributed by atoms with Crippen molar-refractivity contribution in [2.75, 3.05) is 0 Å². The van der Waals surface area contributed by atoms with Crippen LogP contribution in [-0.2, 0) is 4.79 Å². The number of hydrogen-bond acceptors (Lipinski definition) is 4. The summed E-state index contributed by atoms with van der Waals surface area (Å²) in [6.07, 6.45) is -2.10. The molecule has 2 unspecified atom stereocenters. The van der Waals surface area contributed by atoms with Crippen molar-refractivity contribution >= 4 is 24.5 Å².